The fourth-order valence-electron chi connectivity index (χ4n) is 3.96. The molecule has 0 saturated carbocycles. The topological polar surface area (TPSA) is 53.1 Å². The van der Waals surface area contributed by atoms with E-state index >= 15 is 0 Å². The molecule has 0 amide bonds. The fourth-order valence-corrected chi connectivity index (χ4v) is 3.96. The monoisotopic (exact) mass is 516 g/mol. The number of hydrogen-bond acceptors (Lipinski definition) is 4. The molecule has 0 radical (unpaired) electrons. The van der Waals surface area contributed by atoms with E-state index in [4.69, 9.17) is 9.47 Å². The van der Waals surface area contributed by atoms with Crippen molar-refractivity contribution in [1.82, 2.24) is 18.8 Å². The maximum absolute atomic E-state index is 12.9. The van der Waals surface area contributed by atoms with Gasteiger partial charge in [-0.15, -0.1) is 0 Å². The highest BCUT2D eigenvalue weighted by Gasteiger charge is 2.34. The molecule has 0 unspecified atom stereocenters. The van der Waals surface area contributed by atoms with Crippen molar-refractivity contribution in [1.29, 1.82) is 0 Å². The number of rotatable bonds is 4. The van der Waals surface area contributed by atoms with Crippen molar-refractivity contribution in [3.05, 3.63) is 109 Å². The van der Waals surface area contributed by atoms with Crippen LogP contribution in [-0.2, 0) is 6.18 Å². The summed E-state index contributed by atoms with van der Waals surface area (Å²) in [7, 11) is 3.22. The first-order valence-electron chi connectivity index (χ1n) is 11.6. The Bertz CT molecular complexity index is 1670. The lowest BCUT2D eigenvalue weighted by molar-refractivity contribution is -0.136. The molecule has 0 bridgehead atoms. The van der Waals surface area contributed by atoms with Crippen molar-refractivity contribution < 1.29 is 22.6 Å². The summed E-state index contributed by atoms with van der Waals surface area (Å²) < 4.78 is 52.3. The molecule has 4 heterocycles. The SMILES string of the molecule is COc1ccc(-c2ccn3ccc(C(F)(F)F)c3n2)cc1.COc1ccc(-c2ccn3cccc3n2)cc1. The normalized spacial score (nSPS) is 11.3. The van der Waals surface area contributed by atoms with Crippen LogP contribution in [0.1, 0.15) is 5.56 Å². The average Bonchev–Trinajstić information content (AvgIpc) is 3.60. The number of alkyl halides is 3. The highest BCUT2D eigenvalue weighted by atomic mass is 19.4. The van der Waals surface area contributed by atoms with Gasteiger partial charge in [-0.25, -0.2) is 9.97 Å². The van der Waals surface area contributed by atoms with Crippen molar-refractivity contribution in [2.45, 2.75) is 6.18 Å². The van der Waals surface area contributed by atoms with E-state index in [-0.39, 0.29) is 5.65 Å². The largest absolute Gasteiger partial charge is 0.497 e. The Morgan fingerprint density at radius 1 is 0.605 bits per heavy atom. The standard InChI is InChI=1S/C15H11F3N2O.C14H12N2O/c1-21-11-4-2-10(3-5-11)13-7-9-20-8-6-12(14(20)19-13)15(16,17)18;1-17-12-6-4-11(5-7-12)13-8-10-16-9-2-3-14(16)15-13/h2-9H,1H3;2-10H,1H3. The minimum Gasteiger partial charge on any atom is -0.497 e. The summed E-state index contributed by atoms with van der Waals surface area (Å²) in [5.74, 6) is 1.54. The number of nitrogens with zero attached hydrogens (tertiary/aromatic N) is 4. The molecule has 38 heavy (non-hydrogen) atoms. The lowest BCUT2D eigenvalue weighted by atomic mass is 10.1. The summed E-state index contributed by atoms with van der Waals surface area (Å²) in [6, 6.07) is 23.6. The van der Waals surface area contributed by atoms with Crippen molar-refractivity contribution in [2.75, 3.05) is 14.2 Å². The van der Waals surface area contributed by atoms with Gasteiger partial charge in [-0.3, -0.25) is 0 Å². The Balaban J connectivity index is 0.000000158. The van der Waals surface area contributed by atoms with Crippen LogP contribution in [0.2, 0.25) is 0 Å². The van der Waals surface area contributed by atoms with Gasteiger partial charge in [0.25, 0.3) is 0 Å². The molecule has 4 aromatic heterocycles. The third-order valence-corrected chi connectivity index (χ3v) is 5.97. The van der Waals surface area contributed by atoms with Crippen molar-refractivity contribution in [3.63, 3.8) is 0 Å². The van der Waals surface area contributed by atoms with E-state index in [0.717, 1.165) is 34.3 Å². The van der Waals surface area contributed by atoms with E-state index < -0.39 is 11.7 Å². The molecule has 2 aromatic carbocycles. The molecule has 0 aliphatic rings. The molecule has 0 saturated heterocycles. The van der Waals surface area contributed by atoms with Gasteiger partial charge in [0.05, 0.1) is 25.6 Å². The van der Waals surface area contributed by atoms with Gasteiger partial charge in [0.1, 0.15) is 28.4 Å². The van der Waals surface area contributed by atoms with Crippen LogP contribution in [0.15, 0.2) is 104 Å². The highest BCUT2D eigenvalue weighted by molar-refractivity contribution is 5.64. The number of hydrogen-bond donors (Lipinski definition) is 0. The van der Waals surface area contributed by atoms with Crippen molar-refractivity contribution >= 4 is 11.3 Å². The van der Waals surface area contributed by atoms with Gasteiger partial charge in [-0.2, -0.15) is 13.2 Å². The van der Waals surface area contributed by atoms with Crippen LogP contribution in [0.4, 0.5) is 13.2 Å². The summed E-state index contributed by atoms with van der Waals surface area (Å²) in [5, 5.41) is 0. The second-order valence-electron chi connectivity index (χ2n) is 8.31. The molecular weight excluding hydrogens is 493 g/mol. The summed E-state index contributed by atoms with van der Waals surface area (Å²) in [4.78, 5) is 8.71. The molecule has 0 aliphatic carbocycles. The number of aromatic nitrogens is 4. The Hall–Kier alpha value is -4.79. The Labute approximate surface area is 216 Å². The lowest BCUT2D eigenvalue weighted by Gasteiger charge is -2.07. The second kappa shape index (κ2) is 10.3. The quantitative estimate of drug-likeness (QED) is 0.252. The van der Waals surface area contributed by atoms with Gasteiger partial charge >= 0.3 is 6.18 Å². The lowest BCUT2D eigenvalue weighted by Crippen LogP contribution is -2.05. The molecule has 0 N–H and O–H groups in total. The van der Waals surface area contributed by atoms with Crippen LogP contribution in [0, 0.1) is 0 Å². The van der Waals surface area contributed by atoms with Gasteiger partial charge in [0, 0.05) is 35.9 Å². The van der Waals surface area contributed by atoms with Gasteiger partial charge in [0.2, 0.25) is 0 Å². The first-order chi connectivity index (χ1) is 18.4. The van der Waals surface area contributed by atoms with Gasteiger partial charge < -0.3 is 18.3 Å². The molecule has 6 rings (SSSR count). The fraction of sp³-hybridized carbons (Fsp3) is 0.103. The zero-order chi connectivity index (χ0) is 26.7. The Morgan fingerprint density at radius 3 is 1.68 bits per heavy atom. The third-order valence-electron chi connectivity index (χ3n) is 5.97. The number of fused-ring (bicyclic) bond motifs is 2. The van der Waals surface area contributed by atoms with E-state index in [0.29, 0.717) is 11.4 Å². The van der Waals surface area contributed by atoms with Crippen LogP contribution >= 0.6 is 0 Å². The van der Waals surface area contributed by atoms with Crippen molar-refractivity contribution in [2.24, 2.45) is 0 Å². The predicted molar refractivity (Wildman–Crippen MR) is 139 cm³/mol. The van der Waals surface area contributed by atoms with E-state index in [1.54, 1.807) is 50.7 Å². The smallest absolute Gasteiger partial charge is 0.420 e. The van der Waals surface area contributed by atoms with Gasteiger partial charge in [-0.05, 0) is 78.9 Å². The van der Waals surface area contributed by atoms with Crippen molar-refractivity contribution in [3.8, 4) is 34.0 Å². The second-order valence-corrected chi connectivity index (χ2v) is 8.31. The van der Waals surface area contributed by atoms with Gasteiger partial charge in [-0.1, -0.05) is 0 Å². The first kappa shape index (κ1) is 24.9. The van der Waals surface area contributed by atoms with Crippen LogP contribution in [-0.4, -0.2) is 33.0 Å². The maximum atomic E-state index is 12.9. The average molecular weight is 517 g/mol. The number of ether oxygens (including phenoxy) is 2. The summed E-state index contributed by atoms with van der Waals surface area (Å²) in [6.45, 7) is 0. The van der Waals surface area contributed by atoms with Crippen LogP contribution in [0.25, 0.3) is 33.8 Å². The molecular formula is C29H23F3N4O2. The Kier molecular flexibility index (Phi) is 6.74. The third kappa shape index (κ3) is 5.17. The van der Waals surface area contributed by atoms with E-state index in [2.05, 4.69) is 9.97 Å². The number of benzene rings is 2. The maximum Gasteiger partial charge on any atom is 0.420 e. The zero-order valence-corrected chi connectivity index (χ0v) is 20.6. The first-order valence-corrected chi connectivity index (χ1v) is 11.6. The summed E-state index contributed by atoms with van der Waals surface area (Å²) >= 11 is 0. The van der Waals surface area contributed by atoms with Crippen LogP contribution in [0.3, 0.4) is 0 Å². The van der Waals surface area contributed by atoms with E-state index in [9.17, 15) is 13.2 Å². The molecule has 6 nitrogen and oxygen atoms in total. The predicted octanol–water partition coefficient (Wildman–Crippen LogP) is 7.04. The van der Waals surface area contributed by atoms with Gasteiger partial charge in [0.15, 0.2) is 0 Å². The molecule has 192 valence electrons. The molecule has 0 atom stereocenters. The minimum absolute atomic E-state index is 0.101. The Morgan fingerprint density at radius 2 is 1.13 bits per heavy atom. The zero-order valence-electron chi connectivity index (χ0n) is 20.6. The van der Waals surface area contributed by atoms with Crippen LogP contribution in [0.5, 0.6) is 11.5 Å². The summed E-state index contributed by atoms with van der Waals surface area (Å²) in [6.07, 6.45) is 2.50. The molecule has 0 spiro atoms. The molecule has 0 aliphatic heterocycles. The van der Waals surface area contributed by atoms with E-state index in [1.165, 1.54) is 10.6 Å². The molecule has 9 heteroatoms. The minimum atomic E-state index is -4.42. The highest BCUT2D eigenvalue weighted by Crippen LogP contribution is 2.33. The number of methoxy groups -OCH3 is 2. The summed E-state index contributed by atoms with van der Waals surface area (Å²) in [5.41, 5.74) is 3.39. The van der Waals surface area contributed by atoms with E-state index in [1.807, 2.05) is 59.3 Å². The number of halogens is 3. The van der Waals surface area contributed by atoms with Crippen LogP contribution < -0.4 is 9.47 Å². The molecule has 0 fully saturated rings. The molecule has 6 aromatic rings.